The number of Topliss-reactive ketones (excluding diaryl/α,β-unsaturated/α-hetero) is 1. The van der Waals surface area contributed by atoms with Gasteiger partial charge in [-0.1, -0.05) is 28.9 Å². The van der Waals surface area contributed by atoms with Crippen molar-refractivity contribution in [3.05, 3.63) is 70.1 Å². The molecular formula is C26H23ClFNO4. The minimum absolute atomic E-state index is 0.0268. The first kappa shape index (κ1) is 20.9. The number of aliphatic hydroxyl groups is 1. The highest BCUT2D eigenvalue weighted by Gasteiger charge is 2.69. The van der Waals surface area contributed by atoms with Crippen molar-refractivity contribution in [2.24, 2.45) is 5.41 Å². The number of nitrogens with zero attached hydrogens (tertiary/aromatic N) is 1. The van der Waals surface area contributed by atoms with Gasteiger partial charge < -0.3 is 14.4 Å². The Bertz CT molecular complexity index is 1270. The summed E-state index contributed by atoms with van der Waals surface area (Å²) in [6, 6.07) is 12.0. The van der Waals surface area contributed by atoms with Gasteiger partial charge in [-0.15, -0.1) is 0 Å². The van der Waals surface area contributed by atoms with E-state index >= 15 is 0 Å². The van der Waals surface area contributed by atoms with Gasteiger partial charge in [-0.05, 0) is 61.4 Å². The molecule has 1 N–H and O–H groups in total. The molecule has 0 radical (unpaired) electrons. The average Bonchev–Trinajstić information content (AvgIpc) is 3.21. The van der Waals surface area contributed by atoms with Crippen molar-refractivity contribution < 1.29 is 23.6 Å². The molecule has 3 aliphatic carbocycles. The highest BCUT2D eigenvalue weighted by molar-refractivity contribution is 6.30. The summed E-state index contributed by atoms with van der Waals surface area (Å²) < 4.78 is 25.3. The van der Waals surface area contributed by atoms with E-state index in [9.17, 15) is 14.3 Å². The summed E-state index contributed by atoms with van der Waals surface area (Å²) in [6.07, 6.45) is 1.90. The highest BCUT2D eigenvalue weighted by atomic mass is 35.5. The fourth-order valence-corrected chi connectivity index (χ4v) is 6.14. The minimum atomic E-state index is -0.763. The lowest BCUT2D eigenvalue weighted by atomic mass is 9.33. The Kier molecular flexibility index (Phi) is 4.52. The molecule has 0 saturated heterocycles. The van der Waals surface area contributed by atoms with Gasteiger partial charge in [0.1, 0.15) is 11.6 Å². The molecule has 0 spiro atoms. The van der Waals surface area contributed by atoms with Gasteiger partial charge >= 0.3 is 0 Å². The molecule has 33 heavy (non-hydrogen) atoms. The van der Waals surface area contributed by atoms with Crippen LogP contribution in [0.15, 0.2) is 47.0 Å². The van der Waals surface area contributed by atoms with Crippen LogP contribution in [-0.4, -0.2) is 22.2 Å². The number of halogens is 2. The summed E-state index contributed by atoms with van der Waals surface area (Å²) in [5.74, 6) is 0.837. The molecule has 2 atom stereocenters. The summed E-state index contributed by atoms with van der Waals surface area (Å²) in [5.41, 5.74) is 2.69. The quantitative estimate of drug-likeness (QED) is 0.520. The van der Waals surface area contributed by atoms with Crippen molar-refractivity contribution in [1.82, 2.24) is 5.16 Å². The third-order valence-corrected chi connectivity index (χ3v) is 7.83. The van der Waals surface area contributed by atoms with Crippen LogP contribution in [0.3, 0.4) is 0 Å². The van der Waals surface area contributed by atoms with Gasteiger partial charge in [0.05, 0.1) is 11.8 Å². The molecule has 2 bridgehead atoms. The Hall–Kier alpha value is -2.70. The molecule has 0 amide bonds. The fourth-order valence-electron chi connectivity index (χ4n) is 5.96. The first-order chi connectivity index (χ1) is 15.8. The van der Waals surface area contributed by atoms with Crippen LogP contribution < -0.4 is 4.74 Å². The minimum Gasteiger partial charge on any atom is -0.482 e. The molecular weight excluding hydrogens is 445 g/mol. The topological polar surface area (TPSA) is 72.6 Å². The lowest BCUT2D eigenvalue weighted by Gasteiger charge is -2.70. The smallest absolute Gasteiger partial charge is 0.173 e. The van der Waals surface area contributed by atoms with Crippen molar-refractivity contribution in [3.8, 4) is 17.1 Å². The molecule has 3 saturated carbocycles. The Morgan fingerprint density at radius 1 is 1.21 bits per heavy atom. The van der Waals surface area contributed by atoms with Crippen LogP contribution in [0.5, 0.6) is 5.75 Å². The average molecular weight is 468 g/mol. The predicted octanol–water partition coefficient (Wildman–Crippen LogP) is 5.71. The van der Waals surface area contributed by atoms with E-state index in [-0.39, 0.29) is 28.9 Å². The molecule has 5 nitrogen and oxygen atoms in total. The summed E-state index contributed by atoms with van der Waals surface area (Å²) >= 11 is 6.01. The van der Waals surface area contributed by atoms with Gasteiger partial charge in [0.25, 0.3) is 0 Å². The Balaban J connectivity index is 1.11. The van der Waals surface area contributed by atoms with Crippen molar-refractivity contribution in [1.29, 1.82) is 0 Å². The Morgan fingerprint density at radius 2 is 2.00 bits per heavy atom. The van der Waals surface area contributed by atoms with E-state index in [0.717, 1.165) is 25.0 Å². The van der Waals surface area contributed by atoms with E-state index < -0.39 is 12.2 Å². The number of aromatic nitrogens is 1. The second-order valence-electron chi connectivity index (χ2n) is 10.0. The van der Waals surface area contributed by atoms with E-state index in [1.165, 1.54) is 6.07 Å². The molecule has 3 aromatic rings. The Morgan fingerprint density at radius 3 is 2.76 bits per heavy atom. The van der Waals surface area contributed by atoms with Crippen molar-refractivity contribution in [2.75, 3.05) is 0 Å². The van der Waals surface area contributed by atoms with Crippen molar-refractivity contribution in [3.63, 3.8) is 0 Å². The zero-order chi connectivity index (χ0) is 23.0. The molecule has 2 aromatic carbocycles. The molecule has 170 valence electrons. The van der Waals surface area contributed by atoms with E-state index in [1.807, 2.05) is 12.1 Å². The van der Waals surface area contributed by atoms with Gasteiger partial charge in [0.15, 0.2) is 17.6 Å². The van der Waals surface area contributed by atoms with Crippen LogP contribution in [0.2, 0.25) is 5.02 Å². The molecule has 0 unspecified atom stereocenters. The molecule has 3 fully saturated rings. The first-order valence-electron chi connectivity index (χ1n) is 11.2. The molecule has 1 aromatic heterocycles. The third kappa shape index (κ3) is 3.30. The van der Waals surface area contributed by atoms with E-state index in [0.29, 0.717) is 39.6 Å². The predicted molar refractivity (Wildman–Crippen MR) is 120 cm³/mol. The van der Waals surface area contributed by atoms with Crippen LogP contribution in [0.25, 0.3) is 11.3 Å². The van der Waals surface area contributed by atoms with Gasteiger partial charge in [-0.25, -0.2) is 4.39 Å². The van der Waals surface area contributed by atoms with Gasteiger partial charge in [-0.2, -0.15) is 0 Å². The first-order valence-corrected chi connectivity index (χ1v) is 11.5. The number of carbonyl (C=O) groups excluding carboxylic acids is 1. The fraction of sp³-hybridized carbons (Fsp3) is 0.385. The van der Waals surface area contributed by atoms with Crippen molar-refractivity contribution >= 4 is 17.4 Å². The number of ketones is 1. The number of fused-ring (bicyclic) bond motifs is 1. The lowest BCUT2D eigenvalue weighted by Crippen LogP contribution is -2.65. The number of hydrogen-bond acceptors (Lipinski definition) is 5. The number of aliphatic hydroxyl groups excluding tert-OH is 1. The number of benzene rings is 2. The monoisotopic (exact) mass is 467 g/mol. The van der Waals surface area contributed by atoms with E-state index in [2.05, 4.69) is 5.16 Å². The largest absolute Gasteiger partial charge is 0.482 e. The summed E-state index contributed by atoms with van der Waals surface area (Å²) in [6.45, 7) is 1.72. The van der Waals surface area contributed by atoms with Crippen LogP contribution in [0, 0.1) is 18.2 Å². The maximum absolute atomic E-state index is 13.9. The number of aryl methyl sites for hydroxylation is 1. The zero-order valence-electron chi connectivity index (χ0n) is 18.1. The molecule has 1 aliphatic heterocycles. The van der Waals surface area contributed by atoms with E-state index in [4.69, 9.17) is 20.9 Å². The SMILES string of the molecule is Cc1ccc(-c2cc(C34CC(CC(=O)[C@@H]5C[C@@H](O)c6cc(Cl)ccc6O5)(C3)C4)no2)cc1F. The number of rotatable bonds is 5. The molecule has 7 rings (SSSR count). The van der Waals surface area contributed by atoms with Crippen LogP contribution in [0.1, 0.15) is 55.0 Å². The standard InChI is InChI=1S/C26H23ClFNO4/c1-14-2-3-15(6-18(14)28)22-9-24(29-33-22)26-11-25(12-26,13-26)10-20(31)23-8-19(30)17-7-16(27)4-5-21(17)32-23/h2-7,9,19,23,30H,8,10-13H2,1H3/t19-,23+,25?,26?/m1/s1. The maximum Gasteiger partial charge on any atom is 0.173 e. The summed E-state index contributed by atoms with van der Waals surface area (Å²) in [5, 5.41) is 15.3. The summed E-state index contributed by atoms with van der Waals surface area (Å²) in [4.78, 5) is 13.0. The van der Waals surface area contributed by atoms with Crippen LogP contribution in [0.4, 0.5) is 4.39 Å². The van der Waals surface area contributed by atoms with E-state index in [1.54, 1.807) is 31.2 Å². The van der Waals surface area contributed by atoms with Crippen LogP contribution in [-0.2, 0) is 10.2 Å². The number of carbonyl (C=O) groups is 1. The highest BCUT2D eigenvalue weighted by Crippen LogP contribution is 2.75. The maximum atomic E-state index is 13.9. The van der Waals surface area contributed by atoms with Crippen LogP contribution >= 0.6 is 11.6 Å². The van der Waals surface area contributed by atoms with Gasteiger partial charge in [0.2, 0.25) is 0 Å². The van der Waals surface area contributed by atoms with Gasteiger partial charge in [0, 0.05) is 40.5 Å². The zero-order valence-corrected chi connectivity index (χ0v) is 18.9. The normalized spacial score (nSPS) is 29.5. The van der Waals surface area contributed by atoms with Crippen molar-refractivity contribution in [2.45, 2.75) is 56.7 Å². The van der Waals surface area contributed by atoms with Gasteiger partial charge in [-0.3, -0.25) is 4.79 Å². The summed E-state index contributed by atoms with van der Waals surface area (Å²) in [7, 11) is 0. The molecule has 4 aliphatic rings. The second-order valence-corrected chi connectivity index (χ2v) is 10.5. The number of hydrogen-bond donors (Lipinski definition) is 1. The molecule has 2 heterocycles. The Labute approximate surface area is 195 Å². The number of ether oxygens (including phenoxy) is 1. The second kappa shape index (κ2) is 7.15. The third-order valence-electron chi connectivity index (χ3n) is 7.60. The lowest BCUT2D eigenvalue weighted by molar-refractivity contribution is -0.165. The molecule has 7 heteroatoms.